The quantitative estimate of drug-likeness (QED) is 0.365. The minimum atomic E-state index is -0.708. The molecule has 1 amide bonds. The van der Waals surface area contributed by atoms with Gasteiger partial charge in [0.2, 0.25) is 0 Å². The van der Waals surface area contributed by atoms with Gasteiger partial charge in [-0.3, -0.25) is 20.3 Å². The van der Waals surface area contributed by atoms with Crippen LogP contribution in [0.25, 0.3) is 0 Å². The molecule has 2 rings (SSSR count). The second-order valence-electron chi connectivity index (χ2n) is 4.75. The lowest BCUT2D eigenvalue weighted by molar-refractivity contribution is -0.384. The van der Waals surface area contributed by atoms with Crippen LogP contribution in [0.1, 0.15) is 0 Å². The van der Waals surface area contributed by atoms with Crippen LogP contribution < -0.4 is 5.43 Å². The van der Waals surface area contributed by atoms with Crippen molar-refractivity contribution in [2.75, 3.05) is 12.5 Å². The molecule has 1 aliphatic heterocycles. The molecule has 0 saturated heterocycles. The van der Waals surface area contributed by atoms with Gasteiger partial charge in [-0.2, -0.15) is 15.6 Å². The van der Waals surface area contributed by atoms with E-state index in [4.69, 9.17) is 10.5 Å². The summed E-state index contributed by atoms with van der Waals surface area (Å²) in [5.74, 6) is -0.886. The van der Waals surface area contributed by atoms with Crippen molar-refractivity contribution in [3.8, 4) is 17.9 Å². The Morgan fingerprint density at radius 2 is 2.04 bits per heavy atom. The van der Waals surface area contributed by atoms with Crippen LogP contribution in [0.15, 0.2) is 46.7 Å². The Morgan fingerprint density at radius 1 is 1.36 bits per heavy atom. The highest BCUT2D eigenvalue weighted by molar-refractivity contribution is 6.44. The molecular weight excluding hydrogens is 328 g/mol. The van der Waals surface area contributed by atoms with Gasteiger partial charge in [-0.05, 0) is 24.3 Å². The number of hydrazone groups is 1. The molecular formula is C15H10N6O4. The van der Waals surface area contributed by atoms with E-state index in [-0.39, 0.29) is 28.4 Å². The van der Waals surface area contributed by atoms with Gasteiger partial charge in [-0.25, -0.2) is 0 Å². The van der Waals surface area contributed by atoms with Crippen LogP contribution in [0.2, 0.25) is 0 Å². The summed E-state index contributed by atoms with van der Waals surface area (Å²) in [6.07, 6.45) is 2.65. The van der Waals surface area contributed by atoms with Crippen molar-refractivity contribution in [3.63, 3.8) is 0 Å². The van der Waals surface area contributed by atoms with Crippen molar-refractivity contribution in [1.82, 2.24) is 4.90 Å². The second kappa shape index (κ2) is 6.93. The van der Waals surface area contributed by atoms with Crippen molar-refractivity contribution in [3.05, 3.63) is 51.7 Å². The van der Waals surface area contributed by atoms with Crippen molar-refractivity contribution in [1.29, 1.82) is 10.5 Å². The largest absolute Gasteiger partial charge is 0.508 e. The molecule has 0 fully saturated rings. The Hall–Kier alpha value is -4.18. The minimum Gasteiger partial charge on any atom is -0.508 e. The Morgan fingerprint density at radius 3 is 2.64 bits per heavy atom. The number of anilines is 1. The van der Waals surface area contributed by atoms with Gasteiger partial charge >= 0.3 is 0 Å². The van der Waals surface area contributed by atoms with Crippen molar-refractivity contribution in [2.24, 2.45) is 5.10 Å². The summed E-state index contributed by atoms with van der Waals surface area (Å²) < 4.78 is 0. The second-order valence-corrected chi connectivity index (χ2v) is 4.75. The van der Waals surface area contributed by atoms with E-state index in [1.807, 2.05) is 0 Å². The van der Waals surface area contributed by atoms with Crippen LogP contribution in [0, 0.1) is 32.8 Å². The fourth-order valence-corrected chi connectivity index (χ4v) is 1.98. The average Bonchev–Trinajstić information content (AvgIpc) is 2.59. The topological polar surface area (TPSA) is 156 Å². The molecule has 0 unspecified atom stereocenters. The number of carbonyl (C=O) groups is 1. The molecule has 10 nitrogen and oxygen atoms in total. The molecule has 10 heteroatoms. The number of phenols is 1. The molecule has 0 radical (unpaired) electrons. The number of nitro benzene ring substituents is 1. The van der Waals surface area contributed by atoms with E-state index in [1.165, 1.54) is 31.3 Å². The zero-order valence-corrected chi connectivity index (χ0v) is 12.8. The third-order valence-electron chi connectivity index (χ3n) is 3.24. The number of phenolic OH excluding ortho intramolecular Hbond substituents is 1. The standard InChI is InChI=1S/C15H10N6O4/c1-20-13(9(7-16)8-17)5-4-12(15(20)23)19-18-11-3-2-10(22)6-14(11)21(24)25/h2-6,18,22H,1H3. The number of aromatic hydroxyl groups is 1. The average molecular weight is 338 g/mol. The van der Waals surface area contributed by atoms with Crippen molar-refractivity contribution in [2.45, 2.75) is 0 Å². The van der Waals surface area contributed by atoms with Gasteiger partial charge in [-0.15, -0.1) is 0 Å². The number of carbonyl (C=O) groups excluding carboxylic acids is 1. The minimum absolute atomic E-state index is 0.0183. The first-order chi connectivity index (χ1) is 11.9. The summed E-state index contributed by atoms with van der Waals surface area (Å²) in [4.78, 5) is 23.6. The lowest BCUT2D eigenvalue weighted by Gasteiger charge is -2.22. The van der Waals surface area contributed by atoms with E-state index in [9.17, 15) is 20.0 Å². The fraction of sp³-hybridized carbons (Fsp3) is 0.0667. The smallest absolute Gasteiger partial charge is 0.297 e. The predicted octanol–water partition coefficient (Wildman–Crippen LogP) is 1.40. The van der Waals surface area contributed by atoms with Crippen LogP contribution in [0.3, 0.4) is 0 Å². The van der Waals surface area contributed by atoms with Gasteiger partial charge in [0.15, 0.2) is 5.57 Å². The maximum absolute atomic E-state index is 12.2. The summed E-state index contributed by atoms with van der Waals surface area (Å²) >= 11 is 0. The summed E-state index contributed by atoms with van der Waals surface area (Å²) in [7, 11) is 1.37. The molecule has 1 aliphatic rings. The van der Waals surface area contributed by atoms with Crippen molar-refractivity contribution < 1.29 is 14.8 Å². The van der Waals surface area contributed by atoms with E-state index in [0.717, 1.165) is 11.0 Å². The number of nitro groups is 1. The van der Waals surface area contributed by atoms with E-state index < -0.39 is 16.5 Å². The highest BCUT2D eigenvalue weighted by atomic mass is 16.6. The predicted molar refractivity (Wildman–Crippen MR) is 86.0 cm³/mol. The molecule has 2 N–H and O–H groups in total. The molecule has 1 aromatic carbocycles. The Bertz CT molecular complexity index is 916. The molecule has 0 saturated carbocycles. The molecule has 0 spiro atoms. The number of benzene rings is 1. The first-order valence-corrected chi connectivity index (χ1v) is 6.70. The summed E-state index contributed by atoms with van der Waals surface area (Å²) in [5, 5.41) is 41.9. The van der Waals surface area contributed by atoms with Gasteiger partial charge in [0.1, 0.15) is 29.3 Å². The van der Waals surface area contributed by atoms with Crippen LogP contribution in [-0.2, 0) is 4.79 Å². The lowest BCUT2D eigenvalue weighted by atomic mass is 10.1. The zero-order valence-electron chi connectivity index (χ0n) is 12.8. The van der Waals surface area contributed by atoms with E-state index in [0.29, 0.717) is 0 Å². The Labute approximate surface area is 141 Å². The number of nitriles is 2. The van der Waals surface area contributed by atoms with Gasteiger partial charge in [0.05, 0.1) is 16.7 Å². The molecule has 0 aliphatic carbocycles. The summed E-state index contributed by atoms with van der Waals surface area (Å²) in [5.41, 5.74) is 1.79. The molecule has 25 heavy (non-hydrogen) atoms. The third-order valence-corrected chi connectivity index (χ3v) is 3.24. The number of hydrogen-bond acceptors (Lipinski definition) is 8. The van der Waals surface area contributed by atoms with E-state index in [2.05, 4.69) is 10.5 Å². The fourth-order valence-electron chi connectivity index (χ4n) is 1.98. The van der Waals surface area contributed by atoms with Crippen LogP contribution in [-0.4, -0.2) is 33.6 Å². The first-order valence-electron chi connectivity index (χ1n) is 6.70. The maximum Gasteiger partial charge on any atom is 0.297 e. The number of hydrogen-bond donors (Lipinski definition) is 2. The number of likely N-dealkylation sites (N-methyl/N-ethyl adjacent to an activating group) is 1. The van der Waals surface area contributed by atoms with Crippen LogP contribution in [0.5, 0.6) is 5.75 Å². The number of rotatable bonds is 3. The van der Waals surface area contributed by atoms with Crippen molar-refractivity contribution >= 4 is 23.0 Å². The number of nitrogens with zero attached hydrogens (tertiary/aromatic N) is 5. The van der Waals surface area contributed by atoms with Crippen LogP contribution >= 0.6 is 0 Å². The molecule has 1 aromatic rings. The number of nitrogens with one attached hydrogen (secondary N) is 1. The molecule has 0 atom stereocenters. The summed E-state index contributed by atoms with van der Waals surface area (Å²) in [6.45, 7) is 0. The zero-order chi connectivity index (χ0) is 18.6. The Kier molecular flexibility index (Phi) is 4.76. The monoisotopic (exact) mass is 338 g/mol. The number of amides is 1. The number of allylic oxidation sites excluding steroid dienone is 2. The molecule has 1 heterocycles. The highest BCUT2D eigenvalue weighted by Gasteiger charge is 2.24. The Balaban J connectivity index is 2.36. The summed E-state index contributed by atoms with van der Waals surface area (Å²) in [6, 6.07) is 6.80. The van der Waals surface area contributed by atoms with Gasteiger partial charge < -0.3 is 10.0 Å². The SMILES string of the molecule is CN1C(=O)C(=NNc2ccc(O)cc2[N+](=O)[O-])C=CC1=C(C#N)C#N. The normalized spacial score (nSPS) is 14.8. The van der Waals surface area contributed by atoms with Crippen LogP contribution in [0.4, 0.5) is 11.4 Å². The third kappa shape index (κ3) is 3.43. The molecule has 0 aromatic heterocycles. The maximum atomic E-state index is 12.2. The van der Waals surface area contributed by atoms with Gasteiger partial charge in [0.25, 0.3) is 11.6 Å². The van der Waals surface area contributed by atoms with Gasteiger partial charge in [0, 0.05) is 7.05 Å². The van der Waals surface area contributed by atoms with E-state index >= 15 is 0 Å². The first kappa shape index (κ1) is 17.2. The lowest BCUT2D eigenvalue weighted by Crippen LogP contribution is -2.35. The van der Waals surface area contributed by atoms with E-state index in [1.54, 1.807) is 12.1 Å². The molecule has 124 valence electrons. The van der Waals surface area contributed by atoms with Gasteiger partial charge in [-0.1, -0.05) is 0 Å². The molecule has 0 bridgehead atoms. The highest BCUT2D eigenvalue weighted by Crippen LogP contribution is 2.28.